The quantitative estimate of drug-likeness (QED) is 0.763. The highest BCUT2D eigenvalue weighted by atomic mass is 32.2. The van der Waals surface area contributed by atoms with Crippen LogP contribution in [-0.4, -0.2) is 13.0 Å². The molecule has 0 spiro atoms. The SMILES string of the molecule is CNC(=O)c1ccc(SF)cc1. The fourth-order valence-electron chi connectivity index (χ4n) is 0.802. The number of carbonyl (C=O) groups excluding carboxylic acids is 1. The summed E-state index contributed by atoms with van der Waals surface area (Å²) in [6.07, 6.45) is 0. The summed E-state index contributed by atoms with van der Waals surface area (Å²) in [4.78, 5) is 11.5. The van der Waals surface area contributed by atoms with Gasteiger partial charge < -0.3 is 5.32 Å². The van der Waals surface area contributed by atoms with Crippen LogP contribution in [0.15, 0.2) is 29.2 Å². The molecule has 1 rings (SSSR count). The monoisotopic (exact) mass is 185 g/mol. The van der Waals surface area contributed by atoms with Crippen molar-refractivity contribution in [3.63, 3.8) is 0 Å². The molecule has 1 amide bonds. The lowest BCUT2D eigenvalue weighted by atomic mass is 10.2. The average Bonchev–Trinajstić information content (AvgIpc) is 2.17. The van der Waals surface area contributed by atoms with Crippen molar-refractivity contribution in [2.45, 2.75) is 4.90 Å². The van der Waals surface area contributed by atoms with Gasteiger partial charge in [-0.15, -0.1) is 0 Å². The summed E-state index contributed by atoms with van der Waals surface area (Å²) in [5.74, 6) is -0.162. The minimum Gasteiger partial charge on any atom is -0.355 e. The first-order chi connectivity index (χ1) is 5.77. The summed E-state index contributed by atoms with van der Waals surface area (Å²) >= 11 is 0.165. The van der Waals surface area contributed by atoms with Gasteiger partial charge in [-0.25, -0.2) is 0 Å². The molecule has 12 heavy (non-hydrogen) atoms. The summed E-state index contributed by atoms with van der Waals surface area (Å²) in [7, 11) is 1.56. The van der Waals surface area contributed by atoms with Gasteiger partial charge in [0.15, 0.2) is 0 Å². The Morgan fingerprint density at radius 2 is 2.00 bits per heavy atom. The molecule has 0 radical (unpaired) electrons. The predicted molar refractivity (Wildman–Crippen MR) is 46.8 cm³/mol. The van der Waals surface area contributed by atoms with Gasteiger partial charge in [0.1, 0.15) is 0 Å². The molecule has 0 aliphatic carbocycles. The fourth-order valence-corrected chi connectivity index (χ4v) is 1.04. The number of halogens is 1. The predicted octanol–water partition coefficient (Wildman–Crippen LogP) is 2.02. The molecular formula is C8H8FNOS. The van der Waals surface area contributed by atoms with E-state index in [1.165, 1.54) is 0 Å². The number of hydrogen-bond donors (Lipinski definition) is 1. The van der Waals surface area contributed by atoms with E-state index in [1.807, 2.05) is 0 Å². The molecule has 0 atom stereocenters. The zero-order chi connectivity index (χ0) is 8.97. The van der Waals surface area contributed by atoms with Gasteiger partial charge in [-0.2, -0.15) is 3.89 Å². The van der Waals surface area contributed by atoms with Gasteiger partial charge in [0.05, 0.1) is 12.1 Å². The highest BCUT2D eigenvalue weighted by Gasteiger charge is 2.01. The fraction of sp³-hybridized carbons (Fsp3) is 0.125. The Labute approximate surface area is 74.5 Å². The van der Waals surface area contributed by atoms with E-state index < -0.39 is 0 Å². The van der Waals surface area contributed by atoms with Crippen molar-refractivity contribution in [1.82, 2.24) is 5.32 Å². The van der Waals surface area contributed by atoms with E-state index in [0.29, 0.717) is 10.5 Å². The topological polar surface area (TPSA) is 29.1 Å². The largest absolute Gasteiger partial charge is 0.355 e. The minimum absolute atomic E-state index is 0.162. The molecule has 0 bridgehead atoms. The number of amides is 1. The Morgan fingerprint density at radius 3 is 2.42 bits per heavy atom. The lowest BCUT2D eigenvalue weighted by molar-refractivity contribution is 0.0963. The van der Waals surface area contributed by atoms with E-state index >= 15 is 0 Å². The molecule has 0 aliphatic heterocycles. The summed E-state index contributed by atoms with van der Waals surface area (Å²) in [5.41, 5.74) is 0.537. The Morgan fingerprint density at radius 1 is 1.42 bits per heavy atom. The van der Waals surface area contributed by atoms with E-state index in [4.69, 9.17) is 0 Å². The molecule has 0 aliphatic rings. The lowest BCUT2D eigenvalue weighted by Crippen LogP contribution is -2.17. The van der Waals surface area contributed by atoms with E-state index in [2.05, 4.69) is 5.32 Å². The standard InChI is InChI=1S/C8H8FNOS/c1-10-8(11)6-2-4-7(12-9)5-3-6/h2-5H,1H3,(H,10,11). The molecule has 0 unspecified atom stereocenters. The third-order valence-electron chi connectivity index (χ3n) is 1.43. The van der Waals surface area contributed by atoms with Crippen molar-refractivity contribution < 1.29 is 8.68 Å². The van der Waals surface area contributed by atoms with Crippen LogP contribution in [0.5, 0.6) is 0 Å². The molecule has 4 heteroatoms. The van der Waals surface area contributed by atoms with E-state index in [0.717, 1.165) is 0 Å². The molecular weight excluding hydrogens is 177 g/mol. The molecule has 0 aromatic heterocycles. The normalized spacial score (nSPS) is 9.50. The highest BCUT2D eigenvalue weighted by molar-refractivity contribution is 7.94. The first-order valence-corrected chi connectivity index (χ1v) is 4.10. The van der Waals surface area contributed by atoms with Gasteiger partial charge in [0.2, 0.25) is 0 Å². The number of hydrogen-bond acceptors (Lipinski definition) is 2. The average molecular weight is 185 g/mol. The van der Waals surface area contributed by atoms with Crippen molar-refractivity contribution >= 4 is 18.1 Å². The molecule has 1 aromatic carbocycles. The number of rotatable bonds is 2. The first kappa shape index (κ1) is 9.06. The second-order valence-electron chi connectivity index (χ2n) is 2.18. The van der Waals surface area contributed by atoms with Gasteiger partial charge in [0.25, 0.3) is 5.91 Å². The number of nitrogens with one attached hydrogen (secondary N) is 1. The van der Waals surface area contributed by atoms with Crippen LogP contribution in [0.25, 0.3) is 0 Å². The molecule has 2 nitrogen and oxygen atoms in total. The van der Waals surface area contributed by atoms with Crippen molar-refractivity contribution in [3.8, 4) is 0 Å². The van der Waals surface area contributed by atoms with Gasteiger partial charge in [0, 0.05) is 17.5 Å². The maximum atomic E-state index is 12.0. The summed E-state index contributed by atoms with van der Waals surface area (Å²) in [6.45, 7) is 0. The molecule has 0 heterocycles. The Hall–Kier alpha value is -1.03. The van der Waals surface area contributed by atoms with E-state index in [-0.39, 0.29) is 18.1 Å². The van der Waals surface area contributed by atoms with Gasteiger partial charge >= 0.3 is 0 Å². The summed E-state index contributed by atoms with van der Waals surface area (Å²) < 4.78 is 12.0. The van der Waals surface area contributed by atoms with Crippen molar-refractivity contribution in [2.75, 3.05) is 7.05 Å². The maximum Gasteiger partial charge on any atom is 0.251 e. The lowest BCUT2D eigenvalue weighted by Gasteiger charge is -1.98. The third-order valence-corrected chi connectivity index (χ3v) is 1.88. The zero-order valence-electron chi connectivity index (χ0n) is 6.50. The third kappa shape index (κ3) is 1.98. The van der Waals surface area contributed by atoms with Crippen molar-refractivity contribution in [2.24, 2.45) is 0 Å². The molecule has 0 saturated carbocycles. The van der Waals surface area contributed by atoms with Crippen LogP contribution in [0.4, 0.5) is 3.89 Å². The van der Waals surface area contributed by atoms with Crippen LogP contribution >= 0.6 is 12.1 Å². The maximum absolute atomic E-state index is 12.0. The Kier molecular flexibility index (Phi) is 3.10. The smallest absolute Gasteiger partial charge is 0.251 e. The van der Waals surface area contributed by atoms with Crippen LogP contribution in [0.3, 0.4) is 0 Å². The molecule has 1 aromatic rings. The van der Waals surface area contributed by atoms with Crippen molar-refractivity contribution in [3.05, 3.63) is 29.8 Å². The Balaban J connectivity index is 2.84. The second-order valence-corrected chi connectivity index (χ2v) is 2.81. The van der Waals surface area contributed by atoms with Crippen LogP contribution < -0.4 is 5.32 Å². The Bertz CT molecular complexity index is 273. The van der Waals surface area contributed by atoms with Gasteiger partial charge in [-0.1, -0.05) is 0 Å². The number of benzene rings is 1. The number of carbonyl (C=O) groups is 1. The van der Waals surface area contributed by atoms with Crippen LogP contribution in [0.2, 0.25) is 0 Å². The molecule has 0 fully saturated rings. The zero-order valence-corrected chi connectivity index (χ0v) is 7.32. The van der Waals surface area contributed by atoms with E-state index in [9.17, 15) is 8.68 Å². The second kappa shape index (κ2) is 4.11. The molecule has 1 N–H and O–H groups in total. The van der Waals surface area contributed by atoms with Crippen LogP contribution in [0.1, 0.15) is 10.4 Å². The van der Waals surface area contributed by atoms with Gasteiger partial charge in [-0.3, -0.25) is 4.79 Å². The van der Waals surface area contributed by atoms with E-state index in [1.54, 1.807) is 31.3 Å². The first-order valence-electron chi connectivity index (χ1n) is 3.38. The highest BCUT2D eigenvalue weighted by Crippen LogP contribution is 2.18. The minimum atomic E-state index is -0.162. The summed E-state index contributed by atoms with van der Waals surface area (Å²) in [6, 6.07) is 6.30. The van der Waals surface area contributed by atoms with Crippen LogP contribution in [-0.2, 0) is 0 Å². The molecule has 0 saturated heterocycles. The van der Waals surface area contributed by atoms with Crippen LogP contribution in [0, 0.1) is 0 Å². The van der Waals surface area contributed by atoms with Gasteiger partial charge in [-0.05, 0) is 24.3 Å². The van der Waals surface area contributed by atoms with Crippen molar-refractivity contribution in [1.29, 1.82) is 0 Å². The summed E-state index contributed by atoms with van der Waals surface area (Å²) in [5, 5.41) is 2.48. The molecule has 64 valence electrons.